The molecule has 0 radical (unpaired) electrons. The van der Waals surface area contributed by atoms with Gasteiger partial charge >= 0.3 is 10.1 Å². The number of hydrogen-bond donors (Lipinski definition) is 0. The van der Waals surface area contributed by atoms with Crippen LogP contribution in [-0.2, 0) is 14.3 Å². The van der Waals surface area contributed by atoms with E-state index in [1.54, 1.807) is 36.4 Å². The molecule has 0 fully saturated rings. The van der Waals surface area contributed by atoms with Crippen LogP contribution in [0.5, 0.6) is 0 Å². The number of nitrogens with zero attached hydrogens (tertiary/aromatic N) is 1. The summed E-state index contributed by atoms with van der Waals surface area (Å²) >= 11 is 5.77. The number of allylic oxidation sites excluding steroid dienone is 1. The molecule has 0 saturated heterocycles. The van der Waals surface area contributed by atoms with Gasteiger partial charge in [0, 0.05) is 5.02 Å². The predicted octanol–water partition coefficient (Wildman–Crippen LogP) is 3.92. The van der Waals surface area contributed by atoms with Crippen LogP contribution in [0.2, 0.25) is 5.02 Å². The first-order valence-electron chi connectivity index (χ1n) is 6.28. The van der Waals surface area contributed by atoms with Crippen LogP contribution in [0.4, 0.5) is 0 Å². The zero-order chi connectivity index (χ0) is 16.2. The fourth-order valence-corrected chi connectivity index (χ4v) is 2.59. The molecule has 0 aromatic heterocycles. The zero-order valence-corrected chi connectivity index (χ0v) is 13.2. The molecule has 4 nitrogen and oxygen atoms in total. The molecule has 0 bridgehead atoms. The molecule has 0 aliphatic heterocycles. The van der Waals surface area contributed by atoms with Crippen molar-refractivity contribution in [1.29, 1.82) is 5.26 Å². The third kappa shape index (κ3) is 3.88. The normalized spacial score (nSPS) is 11.8. The standard InChI is InChI=1S/C16H12ClNO3S/c1-12-2-8-16(9-3-12)22(19,20)21-11-14(10-18)13-4-6-15(17)7-5-13/h2-9,11H,1H3/b14-11+. The van der Waals surface area contributed by atoms with E-state index in [1.807, 2.05) is 13.0 Å². The lowest BCUT2D eigenvalue weighted by atomic mass is 10.1. The lowest BCUT2D eigenvalue weighted by Crippen LogP contribution is -2.02. The van der Waals surface area contributed by atoms with Crippen molar-refractivity contribution in [2.45, 2.75) is 11.8 Å². The maximum absolute atomic E-state index is 12.1. The SMILES string of the molecule is Cc1ccc(S(=O)(=O)O/C=C(\C#N)c2ccc(Cl)cc2)cc1. The highest BCUT2D eigenvalue weighted by Gasteiger charge is 2.14. The number of rotatable bonds is 4. The number of nitriles is 1. The molecular formula is C16H12ClNO3S. The van der Waals surface area contributed by atoms with Gasteiger partial charge in [-0.25, -0.2) is 0 Å². The maximum Gasteiger partial charge on any atom is 0.338 e. The summed E-state index contributed by atoms with van der Waals surface area (Å²) in [4.78, 5) is 0.0303. The molecule has 2 rings (SSSR count). The van der Waals surface area contributed by atoms with E-state index in [1.165, 1.54) is 12.1 Å². The van der Waals surface area contributed by atoms with Gasteiger partial charge in [-0.15, -0.1) is 0 Å². The Morgan fingerprint density at radius 2 is 1.73 bits per heavy atom. The Kier molecular flexibility index (Phi) is 4.86. The lowest BCUT2D eigenvalue weighted by molar-refractivity contribution is 0.445. The van der Waals surface area contributed by atoms with E-state index in [-0.39, 0.29) is 10.5 Å². The molecular weight excluding hydrogens is 322 g/mol. The van der Waals surface area contributed by atoms with Gasteiger partial charge < -0.3 is 4.18 Å². The van der Waals surface area contributed by atoms with Crippen LogP contribution in [0.1, 0.15) is 11.1 Å². The van der Waals surface area contributed by atoms with E-state index in [4.69, 9.17) is 21.0 Å². The summed E-state index contributed by atoms with van der Waals surface area (Å²) < 4.78 is 29.0. The summed E-state index contributed by atoms with van der Waals surface area (Å²) in [5, 5.41) is 9.65. The molecule has 22 heavy (non-hydrogen) atoms. The Morgan fingerprint density at radius 1 is 1.14 bits per heavy atom. The Balaban J connectivity index is 2.26. The molecule has 0 N–H and O–H groups in total. The first-order valence-corrected chi connectivity index (χ1v) is 8.07. The van der Waals surface area contributed by atoms with Crippen molar-refractivity contribution >= 4 is 27.3 Å². The third-order valence-electron chi connectivity index (χ3n) is 2.88. The van der Waals surface area contributed by atoms with Crippen molar-refractivity contribution in [2.75, 3.05) is 0 Å². The quantitative estimate of drug-likeness (QED) is 0.483. The Bertz CT molecular complexity index is 832. The molecule has 0 unspecified atom stereocenters. The largest absolute Gasteiger partial charge is 0.385 e. The fraction of sp³-hybridized carbons (Fsp3) is 0.0625. The highest BCUT2D eigenvalue weighted by Crippen LogP contribution is 2.19. The van der Waals surface area contributed by atoms with Crippen LogP contribution in [0, 0.1) is 18.3 Å². The summed E-state index contributed by atoms with van der Waals surface area (Å²) in [5.74, 6) is 0. The van der Waals surface area contributed by atoms with Gasteiger partial charge in [-0.1, -0.05) is 41.4 Å². The monoisotopic (exact) mass is 333 g/mol. The van der Waals surface area contributed by atoms with Gasteiger partial charge in [0.1, 0.15) is 17.2 Å². The minimum Gasteiger partial charge on any atom is -0.385 e. The number of benzene rings is 2. The van der Waals surface area contributed by atoms with Gasteiger partial charge in [-0.3, -0.25) is 0 Å². The molecule has 0 aliphatic carbocycles. The van der Waals surface area contributed by atoms with Gasteiger partial charge in [-0.05, 0) is 36.8 Å². The number of halogens is 1. The molecule has 6 heteroatoms. The Morgan fingerprint density at radius 3 is 2.27 bits per heavy atom. The predicted molar refractivity (Wildman–Crippen MR) is 84.5 cm³/mol. The molecule has 0 heterocycles. The fourth-order valence-electron chi connectivity index (χ4n) is 1.66. The van der Waals surface area contributed by atoms with E-state index in [0.717, 1.165) is 11.8 Å². The minimum absolute atomic E-state index is 0.0303. The molecule has 112 valence electrons. The third-order valence-corrected chi connectivity index (χ3v) is 4.33. The Labute approximate surface area is 134 Å². The summed E-state index contributed by atoms with van der Waals surface area (Å²) in [6.45, 7) is 1.85. The molecule has 2 aromatic rings. The molecule has 2 aromatic carbocycles. The Hall–Kier alpha value is -2.29. The molecule has 0 amide bonds. The van der Waals surface area contributed by atoms with E-state index < -0.39 is 10.1 Å². The van der Waals surface area contributed by atoms with Gasteiger partial charge in [0.25, 0.3) is 0 Å². The van der Waals surface area contributed by atoms with E-state index in [9.17, 15) is 8.42 Å². The summed E-state index contributed by atoms with van der Waals surface area (Å²) in [6.07, 6.45) is 0.929. The molecule has 0 atom stereocenters. The maximum atomic E-state index is 12.1. The van der Waals surface area contributed by atoms with Crippen molar-refractivity contribution in [3.8, 4) is 6.07 Å². The molecule has 0 spiro atoms. The second-order valence-corrected chi connectivity index (χ2v) is 6.52. The van der Waals surface area contributed by atoms with Crippen LogP contribution < -0.4 is 0 Å². The van der Waals surface area contributed by atoms with E-state index >= 15 is 0 Å². The first kappa shape index (κ1) is 16.1. The van der Waals surface area contributed by atoms with E-state index in [2.05, 4.69) is 0 Å². The van der Waals surface area contributed by atoms with Gasteiger partial charge in [0.2, 0.25) is 0 Å². The number of hydrogen-bond acceptors (Lipinski definition) is 4. The van der Waals surface area contributed by atoms with Crippen LogP contribution in [0.25, 0.3) is 5.57 Å². The van der Waals surface area contributed by atoms with Crippen molar-refractivity contribution in [3.05, 3.63) is 70.9 Å². The smallest absolute Gasteiger partial charge is 0.338 e. The summed E-state index contributed by atoms with van der Waals surface area (Å²) in [7, 11) is -3.95. The van der Waals surface area contributed by atoms with Crippen LogP contribution in [0.3, 0.4) is 0 Å². The molecule has 0 aliphatic rings. The van der Waals surface area contributed by atoms with E-state index in [0.29, 0.717) is 10.6 Å². The molecule has 0 saturated carbocycles. The van der Waals surface area contributed by atoms with Crippen molar-refractivity contribution in [3.63, 3.8) is 0 Å². The van der Waals surface area contributed by atoms with Crippen molar-refractivity contribution < 1.29 is 12.6 Å². The second kappa shape index (κ2) is 6.65. The van der Waals surface area contributed by atoms with Crippen molar-refractivity contribution in [1.82, 2.24) is 0 Å². The highest BCUT2D eigenvalue weighted by molar-refractivity contribution is 7.86. The minimum atomic E-state index is -3.95. The number of aryl methyl sites for hydroxylation is 1. The lowest BCUT2D eigenvalue weighted by Gasteiger charge is -2.04. The van der Waals surface area contributed by atoms with Gasteiger partial charge in [-0.2, -0.15) is 13.7 Å². The van der Waals surface area contributed by atoms with Crippen LogP contribution in [0.15, 0.2) is 59.7 Å². The summed E-state index contributed by atoms with van der Waals surface area (Å²) in [6, 6.07) is 14.6. The van der Waals surface area contributed by atoms with Gasteiger partial charge in [0.05, 0.1) is 5.57 Å². The zero-order valence-electron chi connectivity index (χ0n) is 11.7. The summed E-state index contributed by atoms with van der Waals surface area (Å²) in [5.41, 5.74) is 1.55. The first-order chi connectivity index (χ1) is 10.4. The van der Waals surface area contributed by atoms with Crippen LogP contribution >= 0.6 is 11.6 Å². The van der Waals surface area contributed by atoms with Gasteiger partial charge in [0.15, 0.2) is 0 Å². The average Bonchev–Trinajstić information content (AvgIpc) is 2.50. The highest BCUT2D eigenvalue weighted by atomic mass is 35.5. The average molecular weight is 334 g/mol. The van der Waals surface area contributed by atoms with Crippen LogP contribution in [-0.4, -0.2) is 8.42 Å². The van der Waals surface area contributed by atoms with Crippen molar-refractivity contribution in [2.24, 2.45) is 0 Å². The second-order valence-electron chi connectivity index (χ2n) is 4.51. The topological polar surface area (TPSA) is 67.2 Å².